The van der Waals surface area contributed by atoms with Gasteiger partial charge in [0.25, 0.3) is 0 Å². The maximum atomic E-state index is 2.42. The van der Waals surface area contributed by atoms with Crippen LogP contribution in [0.3, 0.4) is 0 Å². The number of fused-ring (bicyclic) bond motifs is 7. The Bertz CT molecular complexity index is 2480. The number of hydrogen-bond donors (Lipinski definition) is 0. The molecule has 0 aliphatic heterocycles. The SMILES string of the molecule is c1ccc(-c2cccc(-c3c4ccccc4c(-c4cc5ccc6ccccc6c5c5ccccc45)c4ccccc34)c2)cc1. The van der Waals surface area contributed by atoms with Crippen LogP contribution >= 0.6 is 0 Å². The molecule has 204 valence electrons. The van der Waals surface area contributed by atoms with Gasteiger partial charge in [0.1, 0.15) is 0 Å². The van der Waals surface area contributed by atoms with Crippen LogP contribution in [0.2, 0.25) is 0 Å². The van der Waals surface area contributed by atoms with Crippen LogP contribution in [0.25, 0.3) is 87.2 Å². The van der Waals surface area contributed by atoms with Crippen LogP contribution in [0.5, 0.6) is 0 Å². The second kappa shape index (κ2) is 9.93. The van der Waals surface area contributed by atoms with Crippen LogP contribution in [-0.2, 0) is 0 Å². The molecule has 0 saturated heterocycles. The zero-order valence-electron chi connectivity index (χ0n) is 24.2. The van der Waals surface area contributed by atoms with Gasteiger partial charge in [-0.2, -0.15) is 0 Å². The highest BCUT2D eigenvalue weighted by Crippen LogP contribution is 2.47. The summed E-state index contributed by atoms with van der Waals surface area (Å²) in [6, 6.07) is 62.3. The van der Waals surface area contributed by atoms with E-state index in [1.165, 1.54) is 87.2 Å². The zero-order chi connectivity index (χ0) is 29.0. The van der Waals surface area contributed by atoms with Crippen LogP contribution in [0, 0.1) is 0 Å². The van der Waals surface area contributed by atoms with E-state index in [1.54, 1.807) is 0 Å². The summed E-state index contributed by atoms with van der Waals surface area (Å²) in [4.78, 5) is 0. The Morgan fingerprint density at radius 1 is 0.250 bits per heavy atom. The van der Waals surface area contributed by atoms with Gasteiger partial charge in [-0.1, -0.05) is 158 Å². The molecule has 0 atom stereocenters. The van der Waals surface area contributed by atoms with E-state index >= 15 is 0 Å². The summed E-state index contributed by atoms with van der Waals surface area (Å²) in [5.41, 5.74) is 7.56. The number of rotatable bonds is 3. The lowest BCUT2D eigenvalue weighted by Crippen LogP contribution is -1.92. The Morgan fingerprint density at radius 2 is 0.750 bits per heavy atom. The van der Waals surface area contributed by atoms with Crippen molar-refractivity contribution in [3.8, 4) is 33.4 Å². The van der Waals surface area contributed by atoms with Gasteiger partial charge in [-0.05, 0) is 99.4 Å². The van der Waals surface area contributed by atoms with Crippen molar-refractivity contribution in [3.63, 3.8) is 0 Å². The third-order valence-electron chi connectivity index (χ3n) is 9.21. The molecule has 0 nitrogen and oxygen atoms in total. The smallest absolute Gasteiger partial charge is 0.00199 e. The van der Waals surface area contributed by atoms with Crippen LogP contribution < -0.4 is 0 Å². The van der Waals surface area contributed by atoms with Gasteiger partial charge in [0.15, 0.2) is 0 Å². The topological polar surface area (TPSA) is 0 Å². The summed E-state index contributed by atoms with van der Waals surface area (Å²) in [6.07, 6.45) is 0. The van der Waals surface area contributed by atoms with Crippen LogP contribution in [-0.4, -0.2) is 0 Å². The average molecular weight is 557 g/mol. The normalized spacial score (nSPS) is 11.6. The van der Waals surface area contributed by atoms with Gasteiger partial charge in [0.05, 0.1) is 0 Å². The first-order valence-corrected chi connectivity index (χ1v) is 15.3. The summed E-state index contributed by atoms with van der Waals surface area (Å²) in [5, 5.41) is 12.8. The second-order valence-electron chi connectivity index (χ2n) is 11.6. The lowest BCUT2D eigenvalue weighted by molar-refractivity contribution is 1.61. The van der Waals surface area contributed by atoms with Crippen molar-refractivity contribution in [1.29, 1.82) is 0 Å². The molecule has 0 heterocycles. The minimum absolute atomic E-state index is 1.23. The second-order valence-corrected chi connectivity index (χ2v) is 11.6. The van der Waals surface area contributed by atoms with E-state index < -0.39 is 0 Å². The van der Waals surface area contributed by atoms with Crippen molar-refractivity contribution >= 4 is 53.9 Å². The van der Waals surface area contributed by atoms with Crippen LogP contribution in [0.15, 0.2) is 170 Å². The van der Waals surface area contributed by atoms with Gasteiger partial charge in [0.2, 0.25) is 0 Å². The highest BCUT2D eigenvalue weighted by atomic mass is 14.2. The largest absolute Gasteiger partial charge is 0.0622 e. The standard InChI is InChI=1S/C44H28/c1-2-13-29(14-3-1)31-16-12-17-32(27-31)43-37-21-8-10-23-39(37)44(40-24-11-9-22-38(40)43)41-28-33-26-25-30-15-4-5-18-34(30)42(33)36-20-7-6-19-35(36)41/h1-28H. The molecule has 0 unspecified atom stereocenters. The fourth-order valence-electron chi connectivity index (χ4n) is 7.30. The molecule has 0 N–H and O–H groups in total. The number of hydrogen-bond acceptors (Lipinski definition) is 0. The molecule has 0 aliphatic rings. The van der Waals surface area contributed by atoms with Crippen LogP contribution in [0.4, 0.5) is 0 Å². The molecular formula is C44H28. The molecule has 9 aromatic rings. The lowest BCUT2D eigenvalue weighted by atomic mass is 9.83. The molecule has 0 fully saturated rings. The maximum absolute atomic E-state index is 2.42. The Morgan fingerprint density at radius 3 is 1.45 bits per heavy atom. The van der Waals surface area contributed by atoms with E-state index in [9.17, 15) is 0 Å². The van der Waals surface area contributed by atoms with Gasteiger partial charge in [-0.25, -0.2) is 0 Å². The quantitative estimate of drug-likeness (QED) is 0.150. The fraction of sp³-hybridized carbons (Fsp3) is 0. The summed E-state index contributed by atoms with van der Waals surface area (Å²) in [7, 11) is 0. The molecule has 0 heteroatoms. The molecule has 0 radical (unpaired) electrons. The van der Waals surface area contributed by atoms with Crippen molar-refractivity contribution in [2.24, 2.45) is 0 Å². The predicted molar refractivity (Wildman–Crippen MR) is 190 cm³/mol. The first-order chi connectivity index (χ1) is 21.8. The Kier molecular flexibility index (Phi) is 5.61. The third-order valence-corrected chi connectivity index (χ3v) is 9.21. The molecule has 0 aliphatic carbocycles. The minimum Gasteiger partial charge on any atom is -0.0622 e. The Hall–Kier alpha value is -5.72. The van der Waals surface area contributed by atoms with Crippen LogP contribution in [0.1, 0.15) is 0 Å². The molecular weight excluding hydrogens is 528 g/mol. The average Bonchev–Trinajstić information content (AvgIpc) is 3.10. The summed E-state index contributed by atoms with van der Waals surface area (Å²) < 4.78 is 0. The van der Waals surface area contributed by atoms with E-state index in [1.807, 2.05) is 0 Å². The van der Waals surface area contributed by atoms with Crippen molar-refractivity contribution in [2.75, 3.05) is 0 Å². The third kappa shape index (κ3) is 3.78. The maximum Gasteiger partial charge on any atom is -0.00199 e. The summed E-state index contributed by atoms with van der Waals surface area (Å²) in [6.45, 7) is 0. The van der Waals surface area contributed by atoms with E-state index in [0.29, 0.717) is 0 Å². The highest BCUT2D eigenvalue weighted by Gasteiger charge is 2.19. The monoisotopic (exact) mass is 556 g/mol. The predicted octanol–water partition coefficient (Wildman–Crippen LogP) is 12.5. The van der Waals surface area contributed by atoms with Gasteiger partial charge in [-0.3, -0.25) is 0 Å². The van der Waals surface area contributed by atoms with E-state index in [2.05, 4.69) is 170 Å². The molecule has 0 spiro atoms. The molecule has 0 aromatic heterocycles. The molecule has 44 heavy (non-hydrogen) atoms. The van der Waals surface area contributed by atoms with E-state index in [0.717, 1.165) is 0 Å². The van der Waals surface area contributed by atoms with Gasteiger partial charge >= 0.3 is 0 Å². The number of benzene rings is 9. The fourth-order valence-corrected chi connectivity index (χ4v) is 7.30. The molecule has 9 rings (SSSR count). The van der Waals surface area contributed by atoms with Gasteiger partial charge < -0.3 is 0 Å². The Balaban J connectivity index is 1.40. The van der Waals surface area contributed by atoms with Crippen molar-refractivity contribution < 1.29 is 0 Å². The van der Waals surface area contributed by atoms with Crippen molar-refractivity contribution in [2.45, 2.75) is 0 Å². The molecule has 0 bridgehead atoms. The molecule has 0 saturated carbocycles. The van der Waals surface area contributed by atoms with Crippen molar-refractivity contribution in [3.05, 3.63) is 170 Å². The van der Waals surface area contributed by atoms with Crippen molar-refractivity contribution in [1.82, 2.24) is 0 Å². The first-order valence-electron chi connectivity index (χ1n) is 15.3. The zero-order valence-corrected chi connectivity index (χ0v) is 24.2. The Labute approximate surface area is 256 Å². The minimum atomic E-state index is 1.23. The van der Waals surface area contributed by atoms with Gasteiger partial charge in [0, 0.05) is 0 Å². The highest BCUT2D eigenvalue weighted by molar-refractivity contribution is 6.28. The molecule has 0 amide bonds. The summed E-state index contributed by atoms with van der Waals surface area (Å²) in [5.74, 6) is 0. The van der Waals surface area contributed by atoms with Gasteiger partial charge in [-0.15, -0.1) is 0 Å². The van der Waals surface area contributed by atoms with E-state index in [-0.39, 0.29) is 0 Å². The van der Waals surface area contributed by atoms with E-state index in [4.69, 9.17) is 0 Å². The lowest BCUT2D eigenvalue weighted by Gasteiger charge is -2.20. The molecule has 9 aromatic carbocycles. The first kappa shape index (κ1) is 24.8. The summed E-state index contributed by atoms with van der Waals surface area (Å²) >= 11 is 0.